The van der Waals surface area contributed by atoms with E-state index in [1.54, 1.807) is 24.5 Å². The summed E-state index contributed by atoms with van der Waals surface area (Å²) in [4.78, 5) is 16.1. The molecule has 0 fully saturated rings. The van der Waals surface area contributed by atoms with Gasteiger partial charge in [-0.05, 0) is 48.7 Å². The fraction of sp³-hybridized carbons (Fsp3) is 0.294. The highest BCUT2D eigenvalue weighted by Gasteiger charge is 2.14. The number of pyridine rings is 1. The first kappa shape index (κ1) is 15.9. The Hall–Kier alpha value is -2.43. The van der Waals surface area contributed by atoms with Crippen molar-refractivity contribution in [2.75, 3.05) is 0 Å². The van der Waals surface area contributed by atoms with Crippen molar-refractivity contribution in [3.8, 4) is 0 Å². The van der Waals surface area contributed by atoms with Crippen molar-refractivity contribution >= 4 is 6.03 Å². The van der Waals surface area contributed by atoms with Gasteiger partial charge in [-0.15, -0.1) is 0 Å². The molecule has 0 saturated carbocycles. The minimum Gasteiger partial charge on any atom is -0.332 e. The third-order valence-corrected chi connectivity index (χ3v) is 3.54. The van der Waals surface area contributed by atoms with Crippen LogP contribution in [-0.2, 0) is 0 Å². The molecule has 0 bridgehead atoms. The van der Waals surface area contributed by atoms with Crippen LogP contribution in [0.5, 0.6) is 0 Å². The molecule has 1 aromatic carbocycles. The molecule has 22 heavy (non-hydrogen) atoms. The van der Waals surface area contributed by atoms with Crippen LogP contribution >= 0.6 is 0 Å². The number of urea groups is 1. The third-order valence-electron chi connectivity index (χ3n) is 3.54. The number of amides is 2. The number of rotatable bonds is 5. The van der Waals surface area contributed by atoms with Gasteiger partial charge in [0, 0.05) is 12.4 Å². The maximum Gasteiger partial charge on any atom is 0.315 e. The van der Waals surface area contributed by atoms with Gasteiger partial charge < -0.3 is 10.6 Å². The van der Waals surface area contributed by atoms with Crippen molar-refractivity contribution in [2.24, 2.45) is 0 Å². The second-order valence-electron chi connectivity index (χ2n) is 5.13. The average Bonchev–Trinajstić information content (AvgIpc) is 2.54. The van der Waals surface area contributed by atoms with Crippen molar-refractivity contribution in [3.63, 3.8) is 0 Å². The Morgan fingerprint density at radius 2 is 1.73 bits per heavy atom. The molecule has 0 unspecified atom stereocenters. The fourth-order valence-electron chi connectivity index (χ4n) is 2.25. The molecule has 0 aliphatic heterocycles. The van der Waals surface area contributed by atoms with E-state index in [-0.39, 0.29) is 23.9 Å². The second-order valence-corrected chi connectivity index (χ2v) is 5.13. The number of carbonyl (C=O) groups is 1. The molecule has 1 aromatic heterocycles. The zero-order valence-electron chi connectivity index (χ0n) is 12.7. The molecular weight excluding hydrogens is 281 g/mol. The van der Waals surface area contributed by atoms with E-state index in [2.05, 4.69) is 15.6 Å². The summed E-state index contributed by atoms with van der Waals surface area (Å²) in [5.74, 6) is -0.288. The topological polar surface area (TPSA) is 54.0 Å². The SMILES string of the molecule is CC[C@H](NC(=O)N[C@H](C)c1ccc(F)cc1)c1ccncc1. The van der Waals surface area contributed by atoms with E-state index in [0.717, 1.165) is 17.5 Å². The number of halogens is 1. The number of nitrogens with zero attached hydrogens (tertiary/aromatic N) is 1. The predicted octanol–water partition coefficient (Wildman–Crippen LogP) is 3.73. The normalized spacial score (nSPS) is 13.2. The van der Waals surface area contributed by atoms with Gasteiger partial charge in [0.1, 0.15) is 5.82 Å². The van der Waals surface area contributed by atoms with Gasteiger partial charge in [0.25, 0.3) is 0 Å². The number of carbonyl (C=O) groups excluding carboxylic acids is 1. The lowest BCUT2D eigenvalue weighted by atomic mass is 10.1. The molecule has 0 aliphatic carbocycles. The maximum atomic E-state index is 12.9. The lowest BCUT2D eigenvalue weighted by Crippen LogP contribution is -2.39. The van der Waals surface area contributed by atoms with E-state index >= 15 is 0 Å². The van der Waals surface area contributed by atoms with Gasteiger partial charge in [-0.3, -0.25) is 4.98 Å². The van der Waals surface area contributed by atoms with Gasteiger partial charge in [-0.2, -0.15) is 0 Å². The fourth-order valence-corrected chi connectivity index (χ4v) is 2.25. The van der Waals surface area contributed by atoms with E-state index in [0.29, 0.717) is 0 Å². The van der Waals surface area contributed by atoms with Crippen molar-refractivity contribution < 1.29 is 9.18 Å². The Morgan fingerprint density at radius 1 is 1.09 bits per heavy atom. The van der Waals surface area contributed by atoms with Crippen LogP contribution in [0.1, 0.15) is 43.5 Å². The highest BCUT2D eigenvalue weighted by Crippen LogP contribution is 2.16. The highest BCUT2D eigenvalue weighted by atomic mass is 19.1. The van der Waals surface area contributed by atoms with Gasteiger partial charge in [0.05, 0.1) is 12.1 Å². The third kappa shape index (κ3) is 4.28. The van der Waals surface area contributed by atoms with Crippen LogP contribution < -0.4 is 10.6 Å². The summed E-state index contributed by atoms with van der Waals surface area (Å²) in [6.07, 6.45) is 4.19. The van der Waals surface area contributed by atoms with Crippen LogP contribution in [0.4, 0.5) is 9.18 Å². The molecule has 2 amide bonds. The Balaban J connectivity index is 1.95. The molecule has 0 spiro atoms. The van der Waals surface area contributed by atoms with E-state index < -0.39 is 0 Å². The standard InChI is InChI=1S/C17H20FN3O/c1-3-16(14-8-10-19-11-9-14)21-17(22)20-12(2)13-4-6-15(18)7-5-13/h4-12,16H,3H2,1-2H3,(H2,20,21,22)/t12-,16+/m1/s1. The molecule has 4 nitrogen and oxygen atoms in total. The van der Waals surface area contributed by atoms with E-state index in [1.807, 2.05) is 26.0 Å². The van der Waals surface area contributed by atoms with Gasteiger partial charge in [-0.1, -0.05) is 19.1 Å². The minimum atomic E-state index is -0.288. The Kier molecular flexibility index (Phi) is 5.47. The summed E-state index contributed by atoms with van der Waals surface area (Å²) in [5, 5.41) is 5.81. The summed E-state index contributed by atoms with van der Waals surface area (Å²) in [6.45, 7) is 3.87. The Labute approximate surface area is 129 Å². The van der Waals surface area contributed by atoms with Crippen molar-refractivity contribution in [2.45, 2.75) is 32.4 Å². The largest absolute Gasteiger partial charge is 0.332 e. The summed E-state index contributed by atoms with van der Waals surface area (Å²) >= 11 is 0. The molecule has 0 aliphatic rings. The van der Waals surface area contributed by atoms with Crippen LogP contribution in [0, 0.1) is 5.82 Å². The molecule has 2 aromatic rings. The molecule has 0 saturated heterocycles. The van der Waals surface area contributed by atoms with E-state index in [4.69, 9.17) is 0 Å². The quantitative estimate of drug-likeness (QED) is 0.884. The zero-order chi connectivity index (χ0) is 15.9. The van der Waals surface area contributed by atoms with Gasteiger partial charge in [0.2, 0.25) is 0 Å². The van der Waals surface area contributed by atoms with E-state index in [9.17, 15) is 9.18 Å². The lowest BCUT2D eigenvalue weighted by Gasteiger charge is -2.20. The second kappa shape index (κ2) is 7.54. The molecule has 2 rings (SSSR count). The number of aromatic nitrogens is 1. The zero-order valence-corrected chi connectivity index (χ0v) is 12.7. The lowest BCUT2D eigenvalue weighted by molar-refractivity contribution is 0.233. The number of hydrogen-bond donors (Lipinski definition) is 2. The molecule has 5 heteroatoms. The van der Waals surface area contributed by atoms with Gasteiger partial charge in [-0.25, -0.2) is 9.18 Å². The van der Waals surface area contributed by atoms with Crippen LogP contribution in [0.2, 0.25) is 0 Å². The first-order valence-corrected chi connectivity index (χ1v) is 7.32. The van der Waals surface area contributed by atoms with Crippen LogP contribution in [0.3, 0.4) is 0 Å². The van der Waals surface area contributed by atoms with Gasteiger partial charge in [0.15, 0.2) is 0 Å². The van der Waals surface area contributed by atoms with Crippen molar-refractivity contribution in [1.82, 2.24) is 15.6 Å². The Bertz CT molecular complexity index is 601. The average molecular weight is 301 g/mol. The number of nitrogens with one attached hydrogen (secondary N) is 2. The summed E-state index contributed by atoms with van der Waals surface area (Å²) in [5.41, 5.74) is 1.87. The van der Waals surface area contributed by atoms with Gasteiger partial charge >= 0.3 is 6.03 Å². The summed E-state index contributed by atoms with van der Waals surface area (Å²) in [7, 11) is 0. The predicted molar refractivity (Wildman–Crippen MR) is 83.8 cm³/mol. The van der Waals surface area contributed by atoms with Crippen LogP contribution in [0.15, 0.2) is 48.8 Å². The molecular formula is C17H20FN3O. The summed E-state index contributed by atoms with van der Waals surface area (Å²) < 4.78 is 12.9. The molecule has 116 valence electrons. The number of benzene rings is 1. The highest BCUT2D eigenvalue weighted by molar-refractivity contribution is 5.75. The van der Waals surface area contributed by atoms with Crippen LogP contribution in [-0.4, -0.2) is 11.0 Å². The molecule has 2 atom stereocenters. The molecule has 0 radical (unpaired) electrons. The number of hydrogen-bond acceptors (Lipinski definition) is 2. The smallest absolute Gasteiger partial charge is 0.315 e. The van der Waals surface area contributed by atoms with Crippen molar-refractivity contribution in [3.05, 3.63) is 65.7 Å². The first-order chi connectivity index (χ1) is 10.6. The molecule has 1 heterocycles. The van der Waals surface area contributed by atoms with Crippen molar-refractivity contribution in [1.29, 1.82) is 0 Å². The monoisotopic (exact) mass is 301 g/mol. The molecule has 2 N–H and O–H groups in total. The maximum absolute atomic E-state index is 12.9. The summed E-state index contributed by atoms with van der Waals surface area (Å²) in [6, 6.07) is 9.37. The van der Waals surface area contributed by atoms with E-state index in [1.165, 1.54) is 12.1 Å². The Morgan fingerprint density at radius 3 is 2.32 bits per heavy atom. The first-order valence-electron chi connectivity index (χ1n) is 7.32. The van der Waals surface area contributed by atoms with Crippen LogP contribution in [0.25, 0.3) is 0 Å². The minimum absolute atomic E-state index is 0.0663.